The van der Waals surface area contributed by atoms with Crippen LogP contribution in [0.15, 0.2) is 9.98 Å². The molecule has 5 heteroatoms. The second-order valence-corrected chi connectivity index (χ2v) is 5.82. The van der Waals surface area contributed by atoms with Gasteiger partial charge in [-0.1, -0.05) is 11.3 Å². The van der Waals surface area contributed by atoms with Crippen LogP contribution in [0.1, 0.15) is 12.8 Å². The maximum absolute atomic E-state index is 5.31. The van der Waals surface area contributed by atoms with Crippen LogP contribution < -0.4 is 5.32 Å². The summed E-state index contributed by atoms with van der Waals surface area (Å²) >= 11 is 5.03. The van der Waals surface area contributed by atoms with Gasteiger partial charge in [-0.2, -0.15) is 0 Å². The van der Waals surface area contributed by atoms with Gasteiger partial charge in [0.2, 0.25) is 0 Å². The molecule has 0 bridgehead atoms. The van der Waals surface area contributed by atoms with Gasteiger partial charge in [0.15, 0.2) is 5.13 Å². The zero-order valence-corrected chi connectivity index (χ0v) is 10.2. The Labute approximate surface area is 96.0 Å². The van der Waals surface area contributed by atoms with Crippen molar-refractivity contribution in [2.45, 2.75) is 12.8 Å². The molecule has 0 aliphatic carbocycles. The fraction of sp³-hybridized carbons (Fsp3) is 0.667. The minimum Gasteiger partial charge on any atom is -0.381 e. The second-order valence-electron chi connectivity index (χ2n) is 3.41. The smallest absolute Gasteiger partial charge is 0.183 e. The van der Waals surface area contributed by atoms with Crippen LogP contribution >= 0.6 is 27.3 Å². The molecule has 0 aromatic carbocycles. The first-order valence-corrected chi connectivity index (χ1v) is 6.38. The quantitative estimate of drug-likeness (QED) is 0.922. The van der Waals surface area contributed by atoms with Gasteiger partial charge >= 0.3 is 0 Å². The number of hydrogen-bond acceptors (Lipinski definition) is 4. The number of thiazole rings is 1. The summed E-state index contributed by atoms with van der Waals surface area (Å²) in [6, 6.07) is 0. The monoisotopic (exact) mass is 276 g/mol. The molecule has 1 N–H and O–H groups in total. The Morgan fingerprint density at radius 2 is 2.36 bits per heavy atom. The summed E-state index contributed by atoms with van der Waals surface area (Å²) < 4.78 is 6.38. The number of nitrogens with one attached hydrogen (secondary N) is 1. The fourth-order valence-corrected chi connectivity index (χ4v) is 2.63. The van der Waals surface area contributed by atoms with Gasteiger partial charge in [0.05, 0.1) is 9.98 Å². The summed E-state index contributed by atoms with van der Waals surface area (Å²) in [7, 11) is 0. The van der Waals surface area contributed by atoms with Crippen molar-refractivity contribution in [2.75, 3.05) is 25.1 Å². The lowest BCUT2D eigenvalue weighted by Gasteiger charge is -2.21. The van der Waals surface area contributed by atoms with Crippen molar-refractivity contribution < 1.29 is 4.74 Å². The van der Waals surface area contributed by atoms with Crippen LogP contribution in [0.3, 0.4) is 0 Å². The third kappa shape index (κ3) is 2.93. The predicted octanol–water partition coefficient (Wildman–Crippen LogP) is 2.74. The SMILES string of the molecule is Brc1cnc(NCC2CCOCC2)s1. The van der Waals surface area contributed by atoms with Crippen molar-refractivity contribution in [1.82, 2.24) is 4.98 Å². The van der Waals surface area contributed by atoms with E-state index in [1.165, 1.54) is 12.8 Å². The van der Waals surface area contributed by atoms with E-state index in [-0.39, 0.29) is 0 Å². The van der Waals surface area contributed by atoms with E-state index in [4.69, 9.17) is 4.74 Å². The Balaban J connectivity index is 1.76. The minimum absolute atomic E-state index is 0.742. The maximum atomic E-state index is 5.31. The molecule has 0 atom stereocenters. The van der Waals surface area contributed by atoms with Gasteiger partial charge in [0.1, 0.15) is 0 Å². The molecule has 0 unspecified atom stereocenters. The van der Waals surface area contributed by atoms with E-state index >= 15 is 0 Å². The molecule has 1 aromatic heterocycles. The lowest BCUT2D eigenvalue weighted by Crippen LogP contribution is -2.22. The number of ether oxygens (including phenoxy) is 1. The van der Waals surface area contributed by atoms with E-state index in [2.05, 4.69) is 26.2 Å². The van der Waals surface area contributed by atoms with E-state index in [1.54, 1.807) is 11.3 Å². The van der Waals surface area contributed by atoms with Crippen molar-refractivity contribution in [3.63, 3.8) is 0 Å². The first-order chi connectivity index (χ1) is 6.84. The molecule has 2 rings (SSSR count). The van der Waals surface area contributed by atoms with Gasteiger partial charge in [0, 0.05) is 19.8 Å². The lowest BCUT2D eigenvalue weighted by molar-refractivity contribution is 0.0699. The van der Waals surface area contributed by atoms with Crippen molar-refractivity contribution in [3.8, 4) is 0 Å². The van der Waals surface area contributed by atoms with Crippen LogP contribution in [0.4, 0.5) is 5.13 Å². The third-order valence-electron chi connectivity index (χ3n) is 2.36. The van der Waals surface area contributed by atoms with E-state index in [0.29, 0.717) is 0 Å². The van der Waals surface area contributed by atoms with Gasteiger partial charge in [-0.15, -0.1) is 0 Å². The molecule has 1 fully saturated rings. The molecule has 14 heavy (non-hydrogen) atoms. The number of aromatic nitrogens is 1. The Kier molecular flexibility index (Phi) is 3.78. The van der Waals surface area contributed by atoms with Crippen molar-refractivity contribution >= 4 is 32.4 Å². The van der Waals surface area contributed by atoms with E-state index in [0.717, 1.165) is 34.6 Å². The number of halogens is 1. The molecule has 1 saturated heterocycles. The zero-order chi connectivity index (χ0) is 9.80. The molecule has 0 saturated carbocycles. The molecule has 0 spiro atoms. The van der Waals surface area contributed by atoms with Crippen LogP contribution in [0.5, 0.6) is 0 Å². The summed E-state index contributed by atoms with van der Waals surface area (Å²) in [5.74, 6) is 0.742. The molecule has 1 aliphatic heterocycles. The summed E-state index contributed by atoms with van der Waals surface area (Å²) in [6.45, 7) is 2.84. The van der Waals surface area contributed by atoms with Gasteiger partial charge < -0.3 is 10.1 Å². The summed E-state index contributed by atoms with van der Waals surface area (Å²) in [5.41, 5.74) is 0. The highest BCUT2D eigenvalue weighted by atomic mass is 79.9. The van der Waals surface area contributed by atoms with Crippen molar-refractivity contribution in [1.29, 1.82) is 0 Å². The molecule has 1 aromatic rings. The van der Waals surface area contributed by atoms with Crippen LogP contribution in [0.2, 0.25) is 0 Å². The first-order valence-electron chi connectivity index (χ1n) is 4.77. The van der Waals surface area contributed by atoms with Crippen molar-refractivity contribution in [2.24, 2.45) is 5.92 Å². The predicted molar refractivity (Wildman–Crippen MR) is 61.8 cm³/mol. The van der Waals surface area contributed by atoms with Crippen LogP contribution in [-0.2, 0) is 4.74 Å². The Morgan fingerprint density at radius 3 is 3.00 bits per heavy atom. The van der Waals surface area contributed by atoms with Crippen molar-refractivity contribution in [3.05, 3.63) is 9.98 Å². The van der Waals surface area contributed by atoms with Crippen LogP contribution in [-0.4, -0.2) is 24.7 Å². The maximum Gasteiger partial charge on any atom is 0.183 e. The molecule has 3 nitrogen and oxygen atoms in total. The minimum atomic E-state index is 0.742. The van der Waals surface area contributed by atoms with E-state index in [1.807, 2.05) is 6.20 Å². The largest absolute Gasteiger partial charge is 0.381 e. The normalized spacial score (nSPS) is 18.4. The van der Waals surface area contributed by atoms with Gasteiger partial charge in [-0.05, 0) is 34.7 Å². The molecule has 1 aliphatic rings. The molecule has 0 amide bonds. The Morgan fingerprint density at radius 1 is 1.57 bits per heavy atom. The molecule has 0 radical (unpaired) electrons. The van der Waals surface area contributed by atoms with Gasteiger partial charge in [-0.3, -0.25) is 0 Å². The van der Waals surface area contributed by atoms with E-state index in [9.17, 15) is 0 Å². The molecular formula is C9H13BrN2OS. The summed E-state index contributed by atoms with van der Waals surface area (Å²) in [4.78, 5) is 4.23. The van der Waals surface area contributed by atoms with Gasteiger partial charge in [-0.25, -0.2) is 4.98 Å². The first kappa shape index (κ1) is 10.4. The van der Waals surface area contributed by atoms with Gasteiger partial charge in [0.25, 0.3) is 0 Å². The zero-order valence-electron chi connectivity index (χ0n) is 7.83. The number of hydrogen-bond donors (Lipinski definition) is 1. The summed E-state index contributed by atoms with van der Waals surface area (Å²) in [5, 5.41) is 4.36. The number of anilines is 1. The number of rotatable bonds is 3. The molecular weight excluding hydrogens is 264 g/mol. The average molecular weight is 277 g/mol. The molecule has 2 heterocycles. The fourth-order valence-electron chi connectivity index (χ4n) is 1.52. The lowest BCUT2D eigenvalue weighted by atomic mass is 10.0. The second kappa shape index (κ2) is 5.09. The average Bonchev–Trinajstić information content (AvgIpc) is 2.63. The standard InChI is InChI=1S/C9H13BrN2OS/c10-8-6-12-9(14-8)11-5-7-1-3-13-4-2-7/h6-7H,1-5H2,(H,11,12). The van der Waals surface area contributed by atoms with Crippen LogP contribution in [0.25, 0.3) is 0 Å². The Bertz CT molecular complexity index is 286. The topological polar surface area (TPSA) is 34.2 Å². The highest BCUT2D eigenvalue weighted by molar-refractivity contribution is 9.11. The molecule has 78 valence electrons. The van der Waals surface area contributed by atoms with E-state index < -0.39 is 0 Å². The Hall–Kier alpha value is -0.130. The van der Waals surface area contributed by atoms with Crippen LogP contribution in [0, 0.1) is 5.92 Å². The summed E-state index contributed by atoms with van der Waals surface area (Å²) in [6.07, 6.45) is 4.16. The number of nitrogens with zero attached hydrogens (tertiary/aromatic N) is 1. The third-order valence-corrected chi connectivity index (χ3v) is 3.79. The highest BCUT2D eigenvalue weighted by Gasteiger charge is 2.13. The highest BCUT2D eigenvalue weighted by Crippen LogP contribution is 2.24.